The van der Waals surface area contributed by atoms with Crippen LogP contribution in [0.15, 0.2) is 18.2 Å². The maximum atomic E-state index is 13.0. The summed E-state index contributed by atoms with van der Waals surface area (Å²) in [5.41, 5.74) is 0.513. The van der Waals surface area contributed by atoms with Crippen LogP contribution in [-0.2, 0) is 11.2 Å². The van der Waals surface area contributed by atoms with Crippen LogP contribution in [0.25, 0.3) is 0 Å². The number of carbonyl (C=O) groups excluding carboxylic acids is 1. The molecule has 1 fully saturated rings. The van der Waals surface area contributed by atoms with Crippen molar-refractivity contribution in [3.63, 3.8) is 0 Å². The monoisotopic (exact) mass is 269 g/mol. The molecule has 5 heteroatoms. The van der Waals surface area contributed by atoms with E-state index < -0.39 is 17.7 Å². The number of aliphatic hydroxyl groups is 1. The topological polar surface area (TPSA) is 49.3 Å². The zero-order chi connectivity index (χ0) is 13.8. The first-order valence-electron chi connectivity index (χ1n) is 6.43. The summed E-state index contributed by atoms with van der Waals surface area (Å²) in [6, 6.07) is 3.09. The lowest BCUT2D eigenvalue weighted by atomic mass is 9.95. The van der Waals surface area contributed by atoms with Gasteiger partial charge in [-0.25, -0.2) is 8.78 Å². The van der Waals surface area contributed by atoms with Crippen molar-refractivity contribution in [1.82, 2.24) is 5.32 Å². The Morgan fingerprint density at radius 2 is 2.00 bits per heavy atom. The molecule has 1 aliphatic heterocycles. The van der Waals surface area contributed by atoms with E-state index in [4.69, 9.17) is 0 Å². The fourth-order valence-electron chi connectivity index (χ4n) is 2.36. The first kappa shape index (κ1) is 14.1. The number of benzene rings is 1. The molecule has 104 valence electrons. The Morgan fingerprint density at radius 1 is 1.32 bits per heavy atom. The van der Waals surface area contributed by atoms with Gasteiger partial charge < -0.3 is 10.4 Å². The van der Waals surface area contributed by atoms with Crippen LogP contribution < -0.4 is 5.32 Å². The van der Waals surface area contributed by atoms with Gasteiger partial charge in [-0.2, -0.15) is 0 Å². The molecule has 0 radical (unpaired) electrons. The van der Waals surface area contributed by atoms with E-state index in [9.17, 15) is 18.7 Å². The van der Waals surface area contributed by atoms with Crippen molar-refractivity contribution in [3.8, 4) is 0 Å². The second-order valence-electron chi connectivity index (χ2n) is 4.94. The van der Waals surface area contributed by atoms with Crippen molar-refractivity contribution in [2.75, 3.05) is 6.54 Å². The largest absolute Gasteiger partial charge is 0.391 e. The number of Topliss-reactive ketones (excluding diaryl/α,β-unsaturated/α-hetero) is 1. The molecule has 0 saturated carbocycles. The van der Waals surface area contributed by atoms with Crippen molar-refractivity contribution in [1.29, 1.82) is 0 Å². The first-order chi connectivity index (χ1) is 9.04. The van der Waals surface area contributed by atoms with Crippen LogP contribution in [0.1, 0.15) is 24.8 Å². The Kier molecular flexibility index (Phi) is 4.61. The summed E-state index contributed by atoms with van der Waals surface area (Å²) in [6.45, 7) is 0.579. The van der Waals surface area contributed by atoms with Crippen LogP contribution >= 0.6 is 0 Å². The van der Waals surface area contributed by atoms with E-state index in [2.05, 4.69) is 5.32 Å². The van der Waals surface area contributed by atoms with E-state index >= 15 is 0 Å². The van der Waals surface area contributed by atoms with Gasteiger partial charge in [0.2, 0.25) is 0 Å². The van der Waals surface area contributed by atoms with Crippen molar-refractivity contribution in [3.05, 3.63) is 35.4 Å². The van der Waals surface area contributed by atoms with Crippen molar-refractivity contribution < 1.29 is 18.7 Å². The van der Waals surface area contributed by atoms with Crippen LogP contribution in [0.5, 0.6) is 0 Å². The van der Waals surface area contributed by atoms with Gasteiger partial charge in [0.25, 0.3) is 0 Å². The summed E-state index contributed by atoms with van der Waals surface area (Å²) in [7, 11) is 0. The number of aryl methyl sites for hydroxylation is 1. The zero-order valence-corrected chi connectivity index (χ0v) is 10.5. The molecule has 1 saturated heterocycles. The summed E-state index contributed by atoms with van der Waals surface area (Å²) < 4.78 is 26.0. The highest BCUT2D eigenvalue weighted by Gasteiger charge is 2.25. The van der Waals surface area contributed by atoms with Gasteiger partial charge in [-0.15, -0.1) is 0 Å². The number of halogens is 2. The van der Waals surface area contributed by atoms with Gasteiger partial charge in [0.05, 0.1) is 6.10 Å². The van der Waals surface area contributed by atoms with Gasteiger partial charge in [0, 0.05) is 31.5 Å². The summed E-state index contributed by atoms with van der Waals surface area (Å²) in [6.07, 6.45) is 0.878. The fraction of sp³-hybridized carbons (Fsp3) is 0.500. The van der Waals surface area contributed by atoms with E-state index in [0.29, 0.717) is 37.8 Å². The highest BCUT2D eigenvalue weighted by molar-refractivity contribution is 5.80. The molecule has 0 bridgehead atoms. The molecule has 1 heterocycles. The quantitative estimate of drug-likeness (QED) is 0.872. The first-order valence-corrected chi connectivity index (χ1v) is 6.43. The number of aliphatic hydroxyl groups excluding tert-OH is 1. The predicted octanol–water partition coefficient (Wildman–Crippen LogP) is 1.58. The lowest BCUT2D eigenvalue weighted by Gasteiger charge is -2.27. The van der Waals surface area contributed by atoms with Gasteiger partial charge in [0.1, 0.15) is 17.4 Å². The van der Waals surface area contributed by atoms with E-state index in [1.807, 2.05) is 0 Å². The molecule has 0 amide bonds. The minimum atomic E-state index is -0.685. The van der Waals surface area contributed by atoms with Gasteiger partial charge >= 0.3 is 0 Å². The van der Waals surface area contributed by atoms with Crippen molar-refractivity contribution in [2.24, 2.45) is 0 Å². The summed E-state index contributed by atoms with van der Waals surface area (Å²) in [5, 5.41) is 13.1. The van der Waals surface area contributed by atoms with E-state index in [1.165, 1.54) is 12.1 Å². The Balaban J connectivity index is 1.88. The van der Waals surface area contributed by atoms with E-state index in [0.717, 1.165) is 6.07 Å². The molecule has 3 nitrogen and oxygen atoms in total. The number of rotatable bonds is 4. The predicted molar refractivity (Wildman–Crippen MR) is 66.7 cm³/mol. The Morgan fingerprint density at radius 3 is 2.63 bits per heavy atom. The Labute approximate surface area is 110 Å². The smallest absolute Gasteiger partial charge is 0.135 e. The van der Waals surface area contributed by atoms with Crippen LogP contribution in [0.2, 0.25) is 0 Å². The highest BCUT2D eigenvalue weighted by atomic mass is 19.1. The number of ketones is 1. The standard InChI is InChI=1S/C14H17F2NO2/c15-10-5-9(6-11(16)7-10)1-2-14(19)13-8-12(18)3-4-17-13/h5-7,13-14,17,19H,1-4,8H2/t13-,14+/m0/s1. The van der Waals surface area contributed by atoms with Crippen LogP contribution in [-0.4, -0.2) is 29.6 Å². The molecular weight excluding hydrogens is 252 g/mol. The summed E-state index contributed by atoms with van der Waals surface area (Å²) in [4.78, 5) is 11.3. The van der Waals surface area contributed by atoms with Crippen LogP contribution in [0.4, 0.5) is 8.78 Å². The van der Waals surface area contributed by atoms with Crippen molar-refractivity contribution in [2.45, 2.75) is 37.8 Å². The third kappa shape index (κ3) is 4.08. The third-order valence-electron chi connectivity index (χ3n) is 3.37. The number of hydrogen-bond donors (Lipinski definition) is 2. The molecule has 0 unspecified atom stereocenters. The molecule has 0 aliphatic carbocycles. The summed E-state index contributed by atoms with van der Waals surface area (Å²) >= 11 is 0. The van der Waals surface area contributed by atoms with Gasteiger partial charge in [-0.05, 0) is 30.5 Å². The van der Waals surface area contributed by atoms with E-state index in [1.54, 1.807) is 0 Å². The average Bonchev–Trinajstić information content (AvgIpc) is 2.35. The number of carbonyl (C=O) groups is 1. The highest BCUT2D eigenvalue weighted by Crippen LogP contribution is 2.15. The third-order valence-corrected chi connectivity index (χ3v) is 3.37. The van der Waals surface area contributed by atoms with Gasteiger partial charge in [0.15, 0.2) is 0 Å². The zero-order valence-electron chi connectivity index (χ0n) is 10.5. The molecule has 1 aromatic carbocycles. The van der Waals surface area contributed by atoms with Crippen LogP contribution in [0, 0.1) is 11.6 Å². The number of piperidine rings is 1. The molecule has 2 N–H and O–H groups in total. The molecule has 0 aromatic heterocycles. The van der Waals surface area contributed by atoms with Gasteiger partial charge in [-0.3, -0.25) is 4.79 Å². The van der Waals surface area contributed by atoms with Gasteiger partial charge in [-0.1, -0.05) is 0 Å². The molecular formula is C14H17F2NO2. The second-order valence-corrected chi connectivity index (χ2v) is 4.94. The molecule has 0 spiro atoms. The minimum Gasteiger partial charge on any atom is -0.391 e. The molecule has 1 aromatic rings. The lowest BCUT2D eigenvalue weighted by Crippen LogP contribution is -2.46. The molecule has 2 rings (SSSR count). The number of nitrogens with one attached hydrogen (secondary N) is 1. The maximum Gasteiger partial charge on any atom is 0.135 e. The molecule has 1 aliphatic rings. The summed E-state index contributed by atoms with van der Waals surface area (Å²) in [5.74, 6) is -1.09. The average molecular weight is 269 g/mol. The lowest BCUT2D eigenvalue weighted by molar-refractivity contribution is -0.121. The second kappa shape index (κ2) is 6.21. The normalized spacial score (nSPS) is 21.4. The number of hydrogen-bond acceptors (Lipinski definition) is 3. The van der Waals surface area contributed by atoms with Crippen molar-refractivity contribution >= 4 is 5.78 Å². The maximum absolute atomic E-state index is 13.0. The fourth-order valence-corrected chi connectivity index (χ4v) is 2.36. The van der Waals surface area contributed by atoms with E-state index in [-0.39, 0.29) is 11.8 Å². The minimum absolute atomic E-state index is 0.139. The SMILES string of the molecule is O=C1CCN[C@H]([C@H](O)CCc2cc(F)cc(F)c2)C1. The van der Waals surface area contributed by atoms with Crippen LogP contribution in [0.3, 0.4) is 0 Å². The molecule has 19 heavy (non-hydrogen) atoms. The Hall–Kier alpha value is -1.33. The Bertz CT molecular complexity index is 445. The molecule has 2 atom stereocenters.